The van der Waals surface area contributed by atoms with Crippen molar-refractivity contribution in [1.29, 1.82) is 0 Å². The molecule has 0 bridgehead atoms. The number of anilines is 2. The summed E-state index contributed by atoms with van der Waals surface area (Å²) in [5, 5.41) is 0.287. The molecule has 21 heavy (non-hydrogen) atoms. The maximum absolute atomic E-state index is 13.9. The normalized spacial score (nSPS) is 10.5. The molecule has 2 aromatic rings. The van der Waals surface area contributed by atoms with Gasteiger partial charge in [0.15, 0.2) is 0 Å². The molecule has 110 valence electrons. The number of benzene rings is 2. The van der Waals surface area contributed by atoms with Crippen molar-refractivity contribution >= 4 is 40.5 Å². The van der Waals surface area contributed by atoms with Crippen LogP contribution >= 0.6 is 23.2 Å². The summed E-state index contributed by atoms with van der Waals surface area (Å²) in [5.41, 5.74) is 6.33. The van der Waals surface area contributed by atoms with Crippen LogP contribution in [0.15, 0.2) is 36.4 Å². The molecule has 0 aliphatic heterocycles. The van der Waals surface area contributed by atoms with Gasteiger partial charge in [0.05, 0.1) is 21.3 Å². The fourth-order valence-electron chi connectivity index (χ4n) is 2.01. The van der Waals surface area contributed by atoms with Crippen molar-refractivity contribution in [1.82, 2.24) is 0 Å². The summed E-state index contributed by atoms with van der Waals surface area (Å²) in [5.74, 6) is -0.944. The fourth-order valence-corrected chi connectivity index (χ4v) is 2.42. The van der Waals surface area contributed by atoms with E-state index in [9.17, 15) is 9.18 Å². The van der Waals surface area contributed by atoms with Gasteiger partial charge in [-0.1, -0.05) is 35.3 Å². The van der Waals surface area contributed by atoms with E-state index in [1.54, 1.807) is 19.1 Å². The Kier molecular flexibility index (Phi) is 4.70. The van der Waals surface area contributed by atoms with Crippen LogP contribution in [0.5, 0.6) is 0 Å². The first-order chi connectivity index (χ1) is 9.95. The summed E-state index contributed by atoms with van der Waals surface area (Å²) in [6.45, 7) is 2.02. The first-order valence-electron chi connectivity index (χ1n) is 6.26. The Bertz CT molecular complexity index is 691. The molecule has 2 N–H and O–H groups in total. The molecule has 0 heterocycles. The number of amides is 1. The van der Waals surface area contributed by atoms with E-state index in [4.69, 9.17) is 28.9 Å². The van der Waals surface area contributed by atoms with Crippen LogP contribution in [0.25, 0.3) is 0 Å². The van der Waals surface area contributed by atoms with Gasteiger partial charge < -0.3 is 10.6 Å². The van der Waals surface area contributed by atoms with Crippen LogP contribution in [0, 0.1) is 5.82 Å². The third kappa shape index (κ3) is 3.12. The predicted octanol–water partition coefficient (Wildman–Crippen LogP) is 4.38. The molecule has 0 fully saturated rings. The zero-order valence-corrected chi connectivity index (χ0v) is 12.7. The number of nitrogen functional groups attached to an aromatic ring is 1. The lowest BCUT2D eigenvalue weighted by Gasteiger charge is -2.22. The second-order valence-corrected chi connectivity index (χ2v) is 5.15. The molecular weight excluding hydrogens is 314 g/mol. The monoisotopic (exact) mass is 326 g/mol. The lowest BCUT2D eigenvalue weighted by molar-refractivity contribution is 0.0987. The lowest BCUT2D eigenvalue weighted by Crippen LogP contribution is -2.31. The predicted molar refractivity (Wildman–Crippen MR) is 84.6 cm³/mol. The summed E-state index contributed by atoms with van der Waals surface area (Å²) < 4.78 is 13.9. The molecule has 0 aliphatic rings. The zero-order valence-electron chi connectivity index (χ0n) is 11.2. The van der Waals surface area contributed by atoms with Gasteiger partial charge in [-0.2, -0.15) is 0 Å². The van der Waals surface area contributed by atoms with E-state index < -0.39 is 11.7 Å². The van der Waals surface area contributed by atoms with E-state index in [0.717, 1.165) is 0 Å². The highest BCUT2D eigenvalue weighted by molar-refractivity contribution is 6.44. The van der Waals surface area contributed by atoms with Crippen LogP contribution in [0.3, 0.4) is 0 Å². The SMILES string of the molecule is CCN(C(=O)c1cc(N)cc(Cl)c1Cl)c1ccccc1F. The number of nitrogens with two attached hydrogens (primary N) is 1. The maximum atomic E-state index is 13.9. The average molecular weight is 327 g/mol. The Labute approximate surface area is 132 Å². The molecule has 0 saturated heterocycles. The van der Waals surface area contributed by atoms with Crippen molar-refractivity contribution in [3.05, 3.63) is 57.8 Å². The maximum Gasteiger partial charge on any atom is 0.259 e. The second-order valence-electron chi connectivity index (χ2n) is 4.37. The summed E-state index contributed by atoms with van der Waals surface area (Å²) in [6, 6.07) is 8.92. The largest absolute Gasteiger partial charge is 0.399 e. The van der Waals surface area contributed by atoms with Gasteiger partial charge in [0, 0.05) is 12.2 Å². The molecule has 3 nitrogen and oxygen atoms in total. The minimum absolute atomic E-state index is 0.102. The number of hydrogen-bond acceptors (Lipinski definition) is 2. The molecule has 0 aromatic heterocycles. The van der Waals surface area contributed by atoms with Crippen molar-refractivity contribution in [2.24, 2.45) is 0 Å². The van der Waals surface area contributed by atoms with E-state index in [2.05, 4.69) is 0 Å². The number of rotatable bonds is 3. The van der Waals surface area contributed by atoms with Crippen LogP contribution in [-0.4, -0.2) is 12.5 Å². The van der Waals surface area contributed by atoms with Gasteiger partial charge in [0.2, 0.25) is 0 Å². The lowest BCUT2D eigenvalue weighted by atomic mass is 10.1. The van der Waals surface area contributed by atoms with E-state index in [1.807, 2.05) is 0 Å². The van der Waals surface area contributed by atoms with E-state index in [1.165, 1.54) is 29.2 Å². The van der Waals surface area contributed by atoms with Crippen LogP contribution < -0.4 is 10.6 Å². The topological polar surface area (TPSA) is 46.3 Å². The van der Waals surface area contributed by atoms with Crippen LogP contribution in [0.1, 0.15) is 17.3 Å². The number of carbonyl (C=O) groups is 1. The van der Waals surface area contributed by atoms with E-state index in [0.29, 0.717) is 5.69 Å². The van der Waals surface area contributed by atoms with Crippen molar-refractivity contribution in [3.8, 4) is 0 Å². The van der Waals surface area contributed by atoms with Gasteiger partial charge in [0.25, 0.3) is 5.91 Å². The van der Waals surface area contributed by atoms with E-state index >= 15 is 0 Å². The van der Waals surface area contributed by atoms with Crippen molar-refractivity contribution in [2.75, 3.05) is 17.2 Å². The number of halogens is 3. The summed E-state index contributed by atoms with van der Waals surface area (Å²) in [6.07, 6.45) is 0. The van der Waals surface area contributed by atoms with Crippen LogP contribution in [-0.2, 0) is 0 Å². The average Bonchev–Trinajstić information content (AvgIpc) is 2.45. The zero-order chi connectivity index (χ0) is 15.6. The minimum atomic E-state index is -0.487. The molecule has 0 saturated carbocycles. The Morgan fingerprint density at radius 1 is 1.29 bits per heavy atom. The quantitative estimate of drug-likeness (QED) is 0.850. The first kappa shape index (κ1) is 15.6. The first-order valence-corrected chi connectivity index (χ1v) is 7.02. The van der Waals surface area contributed by atoms with Gasteiger partial charge in [-0.25, -0.2) is 4.39 Å². The smallest absolute Gasteiger partial charge is 0.259 e. The molecule has 6 heteroatoms. The van der Waals surface area contributed by atoms with Crippen molar-refractivity contribution in [3.63, 3.8) is 0 Å². The van der Waals surface area contributed by atoms with E-state index in [-0.39, 0.29) is 27.8 Å². The molecule has 2 rings (SSSR count). The number of para-hydroxylation sites is 1. The van der Waals surface area contributed by atoms with Crippen LogP contribution in [0.4, 0.5) is 15.8 Å². The molecule has 0 atom stereocenters. The highest BCUT2D eigenvalue weighted by Gasteiger charge is 2.22. The Balaban J connectivity index is 2.49. The Morgan fingerprint density at radius 2 is 1.95 bits per heavy atom. The molecule has 0 aliphatic carbocycles. The van der Waals surface area contributed by atoms with Crippen LogP contribution in [0.2, 0.25) is 10.0 Å². The van der Waals surface area contributed by atoms with Gasteiger partial charge in [-0.05, 0) is 31.2 Å². The molecular formula is C15H13Cl2FN2O. The van der Waals surface area contributed by atoms with Crippen molar-refractivity contribution < 1.29 is 9.18 Å². The minimum Gasteiger partial charge on any atom is -0.399 e. The number of hydrogen-bond donors (Lipinski definition) is 1. The summed E-state index contributed by atoms with van der Waals surface area (Å²) >= 11 is 12.0. The summed E-state index contributed by atoms with van der Waals surface area (Å²) in [7, 11) is 0. The third-order valence-electron chi connectivity index (χ3n) is 2.99. The number of carbonyl (C=O) groups excluding carboxylic acids is 1. The molecule has 0 unspecified atom stereocenters. The molecule has 1 amide bonds. The van der Waals surface area contributed by atoms with Crippen molar-refractivity contribution in [2.45, 2.75) is 6.92 Å². The van der Waals surface area contributed by atoms with Gasteiger partial charge in [-0.3, -0.25) is 4.79 Å². The fraction of sp³-hybridized carbons (Fsp3) is 0.133. The second kappa shape index (κ2) is 6.33. The molecule has 2 aromatic carbocycles. The molecule has 0 spiro atoms. The summed E-state index contributed by atoms with van der Waals surface area (Å²) in [4.78, 5) is 13.9. The van der Waals surface area contributed by atoms with Gasteiger partial charge >= 0.3 is 0 Å². The van der Waals surface area contributed by atoms with Gasteiger partial charge in [0.1, 0.15) is 5.82 Å². The van der Waals surface area contributed by atoms with Gasteiger partial charge in [-0.15, -0.1) is 0 Å². The number of nitrogens with zero attached hydrogens (tertiary/aromatic N) is 1. The third-order valence-corrected chi connectivity index (χ3v) is 3.79. The molecule has 0 radical (unpaired) electrons. The Hall–Kier alpha value is -1.78. The Morgan fingerprint density at radius 3 is 2.57 bits per heavy atom. The highest BCUT2D eigenvalue weighted by atomic mass is 35.5. The standard InChI is InChI=1S/C15H13Cl2FN2O/c1-2-20(13-6-4-3-5-12(13)18)15(21)10-7-9(19)8-11(16)14(10)17/h3-8H,2,19H2,1H3. The highest BCUT2D eigenvalue weighted by Crippen LogP contribution is 2.31.